The van der Waals surface area contributed by atoms with Gasteiger partial charge in [-0.15, -0.1) is 11.3 Å². The molecule has 0 fully saturated rings. The zero-order chi connectivity index (χ0) is 7.56. The first-order valence-corrected chi connectivity index (χ1v) is 5.00. The summed E-state index contributed by atoms with van der Waals surface area (Å²) in [6.45, 7) is 5.10. The Morgan fingerprint density at radius 2 is 2.40 bits per heavy atom. The molecule has 0 amide bonds. The second-order valence-electron chi connectivity index (χ2n) is 1.90. The Morgan fingerprint density at radius 3 is 2.80 bits per heavy atom. The van der Waals surface area contributed by atoms with Crippen LogP contribution in [-0.4, -0.2) is 11.5 Å². The maximum absolute atomic E-state index is 4.29. The molecule has 56 valence electrons. The molecular formula is C6H9IN2S. The summed E-state index contributed by atoms with van der Waals surface area (Å²) in [5, 5.41) is 4.20. The summed E-state index contributed by atoms with van der Waals surface area (Å²) in [4.78, 5) is 5.58. The summed E-state index contributed by atoms with van der Waals surface area (Å²) >= 11 is 3.95. The highest BCUT2D eigenvalue weighted by molar-refractivity contribution is 14.1. The van der Waals surface area contributed by atoms with Crippen LogP contribution in [0.5, 0.6) is 0 Å². The molecule has 0 bridgehead atoms. The molecule has 0 saturated heterocycles. The lowest BCUT2D eigenvalue weighted by atomic mass is 10.6. The SMILES string of the molecule is CCNc1nc(I)c(C)s1. The zero-order valence-corrected chi connectivity index (χ0v) is 8.91. The standard InChI is InChI=1S/C6H9IN2S/c1-3-8-6-9-5(7)4(2)10-6/h3H2,1-2H3,(H,8,9). The van der Waals surface area contributed by atoms with Gasteiger partial charge in [0.05, 0.1) is 0 Å². The second-order valence-corrected chi connectivity index (χ2v) is 4.12. The Hall–Kier alpha value is 0.160. The van der Waals surface area contributed by atoms with Crippen LogP contribution in [0.2, 0.25) is 0 Å². The Bertz CT molecular complexity index is 202. The number of nitrogens with zero attached hydrogens (tertiary/aromatic N) is 1. The fraction of sp³-hybridized carbons (Fsp3) is 0.500. The van der Waals surface area contributed by atoms with E-state index in [4.69, 9.17) is 0 Å². The van der Waals surface area contributed by atoms with E-state index in [1.165, 1.54) is 4.88 Å². The number of halogens is 1. The number of nitrogens with one attached hydrogen (secondary N) is 1. The minimum Gasteiger partial charge on any atom is -0.362 e. The highest BCUT2D eigenvalue weighted by Gasteiger charge is 2.01. The van der Waals surface area contributed by atoms with E-state index in [1.54, 1.807) is 11.3 Å². The van der Waals surface area contributed by atoms with Gasteiger partial charge >= 0.3 is 0 Å². The monoisotopic (exact) mass is 268 g/mol. The molecule has 0 aliphatic rings. The van der Waals surface area contributed by atoms with Crippen molar-refractivity contribution in [3.8, 4) is 0 Å². The van der Waals surface area contributed by atoms with Crippen molar-refractivity contribution in [1.82, 2.24) is 4.98 Å². The van der Waals surface area contributed by atoms with E-state index in [0.29, 0.717) is 0 Å². The number of rotatable bonds is 2. The van der Waals surface area contributed by atoms with E-state index in [9.17, 15) is 0 Å². The first kappa shape index (κ1) is 8.26. The molecule has 4 heteroatoms. The van der Waals surface area contributed by atoms with E-state index in [1.807, 2.05) is 0 Å². The van der Waals surface area contributed by atoms with Gasteiger partial charge in [-0.1, -0.05) is 0 Å². The molecule has 0 spiro atoms. The summed E-state index contributed by atoms with van der Waals surface area (Å²) in [5.41, 5.74) is 0. The third kappa shape index (κ3) is 1.82. The molecule has 0 atom stereocenters. The van der Waals surface area contributed by atoms with Crippen molar-refractivity contribution in [3.63, 3.8) is 0 Å². The minimum atomic E-state index is 0.947. The highest BCUT2D eigenvalue weighted by atomic mass is 127. The van der Waals surface area contributed by atoms with Crippen LogP contribution in [0.3, 0.4) is 0 Å². The third-order valence-electron chi connectivity index (χ3n) is 1.07. The predicted molar refractivity (Wildman–Crippen MR) is 53.7 cm³/mol. The van der Waals surface area contributed by atoms with E-state index in [-0.39, 0.29) is 0 Å². The lowest BCUT2D eigenvalue weighted by Crippen LogP contribution is -1.94. The zero-order valence-electron chi connectivity index (χ0n) is 5.94. The summed E-state index contributed by atoms with van der Waals surface area (Å²) in [5.74, 6) is 0. The van der Waals surface area contributed by atoms with E-state index < -0.39 is 0 Å². The van der Waals surface area contributed by atoms with Crippen molar-refractivity contribution in [3.05, 3.63) is 8.58 Å². The first-order chi connectivity index (χ1) is 4.74. The maximum atomic E-state index is 4.29. The fourth-order valence-electron chi connectivity index (χ4n) is 0.605. The molecule has 1 rings (SSSR count). The van der Waals surface area contributed by atoms with Gasteiger partial charge in [-0.05, 0) is 36.4 Å². The molecule has 1 aromatic rings. The topological polar surface area (TPSA) is 24.9 Å². The molecule has 1 aromatic heterocycles. The van der Waals surface area contributed by atoms with Crippen LogP contribution in [-0.2, 0) is 0 Å². The molecule has 0 aromatic carbocycles. The smallest absolute Gasteiger partial charge is 0.183 e. The summed E-state index contributed by atoms with van der Waals surface area (Å²) in [7, 11) is 0. The normalized spacial score (nSPS) is 9.90. The molecule has 0 aliphatic heterocycles. The Kier molecular flexibility index (Phi) is 2.91. The van der Waals surface area contributed by atoms with Crippen LogP contribution in [0, 0.1) is 10.6 Å². The van der Waals surface area contributed by atoms with Crippen molar-refractivity contribution in [2.45, 2.75) is 13.8 Å². The summed E-state index contributed by atoms with van der Waals surface area (Å²) in [6, 6.07) is 0. The Labute approximate surface area is 78.2 Å². The van der Waals surface area contributed by atoms with Gasteiger partial charge in [-0.3, -0.25) is 0 Å². The van der Waals surface area contributed by atoms with Crippen molar-refractivity contribution in [2.24, 2.45) is 0 Å². The Morgan fingerprint density at radius 1 is 1.70 bits per heavy atom. The second kappa shape index (κ2) is 3.52. The van der Waals surface area contributed by atoms with Gasteiger partial charge in [0, 0.05) is 11.4 Å². The number of aryl methyl sites for hydroxylation is 1. The van der Waals surface area contributed by atoms with Gasteiger partial charge in [0.25, 0.3) is 0 Å². The van der Waals surface area contributed by atoms with Crippen molar-refractivity contribution in [2.75, 3.05) is 11.9 Å². The minimum absolute atomic E-state index is 0.947. The van der Waals surface area contributed by atoms with Gasteiger partial charge in [0.2, 0.25) is 0 Å². The summed E-state index contributed by atoms with van der Waals surface area (Å²) in [6.07, 6.45) is 0. The predicted octanol–water partition coefficient (Wildman–Crippen LogP) is 2.49. The van der Waals surface area contributed by atoms with Crippen molar-refractivity contribution in [1.29, 1.82) is 0 Å². The number of hydrogen-bond acceptors (Lipinski definition) is 3. The number of hydrogen-bond donors (Lipinski definition) is 1. The number of thiazole rings is 1. The van der Waals surface area contributed by atoms with Crippen LogP contribution in [0.4, 0.5) is 5.13 Å². The highest BCUT2D eigenvalue weighted by Crippen LogP contribution is 2.22. The van der Waals surface area contributed by atoms with Crippen LogP contribution < -0.4 is 5.32 Å². The average Bonchev–Trinajstić information content (AvgIpc) is 2.14. The van der Waals surface area contributed by atoms with Gasteiger partial charge in [0.1, 0.15) is 3.70 Å². The van der Waals surface area contributed by atoms with Crippen molar-refractivity contribution < 1.29 is 0 Å². The van der Waals surface area contributed by atoms with Crippen LogP contribution in [0.15, 0.2) is 0 Å². The molecule has 1 heterocycles. The first-order valence-electron chi connectivity index (χ1n) is 3.11. The molecule has 0 radical (unpaired) electrons. The molecule has 0 aliphatic carbocycles. The number of anilines is 1. The van der Waals surface area contributed by atoms with Gasteiger partial charge in [-0.2, -0.15) is 0 Å². The van der Waals surface area contributed by atoms with E-state index in [0.717, 1.165) is 15.4 Å². The molecular weight excluding hydrogens is 259 g/mol. The third-order valence-corrected chi connectivity index (χ3v) is 3.41. The number of aromatic nitrogens is 1. The summed E-state index contributed by atoms with van der Waals surface area (Å²) < 4.78 is 1.11. The van der Waals surface area contributed by atoms with Crippen LogP contribution in [0.25, 0.3) is 0 Å². The van der Waals surface area contributed by atoms with Crippen LogP contribution in [0.1, 0.15) is 11.8 Å². The van der Waals surface area contributed by atoms with Crippen LogP contribution >= 0.6 is 33.9 Å². The molecule has 0 unspecified atom stereocenters. The molecule has 2 nitrogen and oxygen atoms in total. The Balaban J connectivity index is 2.77. The maximum Gasteiger partial charge on any atom is 0.183 e. The van der Waals surface area contributed by atoms with E-state index >= 15 is 0 Å². The van der Waals surface area contributed by atoms with Gasteiger partial charge < -0.3 is 5.32 Å². The molecule has 0 saturated carbocycles. The fourth-order valence-corrected chi connectivity index (χ4v) is 2.11. The largest absolute Gasteiger partial charge is 0.362 e. The lowest BCUT2D eigenvalue weighted by molar-refractivity contribution is 1.18. The quantitative estimate of drug-likeness (QED) is 0.833. The van der Waals surface area contributed by atoms with E-state index in [2.05, 4.69) is 46.7 Å². The average molecular weight is 268 g/mol. The molecule has 1 N–H and O–H groups in total. The van der Waals surface area contributed by atoms with Crippen molar-refractivity contribution >= 4 is 39.1 Å². The molecule has 10 heavy (non-hydrogen) atoms. The lowest BCUT2D eigenvalue weighted by Gasteiger charge is -1.92. The van der Waals surface area contributed by atoms with Gasteiger partial charge in [-0.25, -0.2) is 4.98 Å². The van der Waals surface area contributed by atoms with Gasteiger partial charge in [0.15, 0.2) is 5.13 Å².